The van der Waals surface area contributed by atoms with Gasteiger partial charge in [-0.3, -0.25) is 9.80 Å². The SMILES string of the molecule is CC(C)N1CCN(c2ccc(-c3cc(NCCN4CCOCC4)c4nc(C5CCN(S(C)(=O)=O)CC5)n(C)c4c3)cc2)CC1. The van der Waals surface area contributed by atoms with Gasteiger partial charge in [0.15, 0.2) is 0 Å². The zero-order chi connectivity index (χ0) is 30.8. The summed E-state index contributed by atoms with van der Waals surface area (Å²) in [6, 6.07) is 14.1. The number of nitrogens with one attached hydrogen (secondary N) is 1. The minimum absolute atomic E-state index is 0.227. The lowest BCUT2D eigenvalue weighted by molar-refractivity contribution is 0.0398. The number of nitrogens with zero attached hydrogens (tertiary/aromatic N) is 6. The van der Waals surface area contributed by atoms with Crippen molar-refractivity contribution in [3.8, 4) is 11.1 Å². The number of piperazine rings is 1. The van der Waals surface area contributed by atoms with Crippen LogP contribution in [0.3, 0.4) is 0 Å². The van der Waals surface area contributed by atoms with Gasteiger partial charge in [-0.05, 0) is 62.1 Å². The number of aryl methyl sites for hydroxylation is 1. The molecule has 0 bridgehead atoms. The van der Waals surface area contributed by atoms with E-state index in [0.717, 1.165) is 101 Å². The van der Waals surface area contributed by atoms with Gasteiger partial charge in [0, 0.05) is 90.1 Å². The number of piperidine rings is 1. The molecule has 0 saturated carbocycles. The van der Waals surface area contributed by atoms with Gasteiger partial charge < -0.3 is 19.5 Å². The van der Waals surface area contributed by atoms with E-state index in [1.54, 1.807) is 4.31 Å². The molecule has 0 amide bonds. The fraction of sp³-hybridized carbons (Fsp3) is 0.606. The van der Waals surface area contributed by atoms with Crippen LogP contribution in [-0.2, 0) is 21.8 Å². The van der Waals surface area contributed by atoms with Crippen molar-refractivity contribution in [2.45, 2.75) is 38.6 Å². The van der Waals surface area contributed by atoms with E-state index in [-0.39, 0.29) is 5.92 Å². The zero-order valence-electron chi connectivity index (χ0n) is 26.8. The van der Waals surface area contributed by atoms with E-state index in [9.17, 15) is 8.42 Å². The van der Waals surface area contributed by atoms with Gasteiger partial charge >= 0.3 is 0 Å². The number of rotatable bonds is 9. The highest BCUT2D eigenvalue weighted by molar-refractivity contribution is 7.88. The standard InChI is InChI=1S/C33H49N7O3S/c1-25(2)38-15-17-39(18-16-38)29-7-5-26(6-8-29)28-23-30(34-11-14-37-19-21-43-22-20-37)32-31(24-28)36(3)33(35-32)27-9-12-40(13-10-27)44(4,41)42/h5-8,23-25,27,34H,9-22H2,1-4H3. The third kappa shape index (κ3) is 6.92. The van der Waals surface area contributed by atoms with Crippen molar-refractivity contribution in [3.05, 3.63) is 42.2 Å². The Balaban J connectivity index is 1.26. The van der Waals surface area contributed by atoms with E-state index >= 15 is 0 Å². The van der Waals surface area contributed by atoms with E-state index in [1.165, 1.54) is 23.1 Å². The number of hydrogen-bond acceptors (Lipinski definition) is 8. The maximum atomic E-state index is 12.1. The molecule has 11 heteroatoms. The predicted octanol–water partition coefficient (Wildman–Crippen LogP) is 3.65. The third-order valence-electron chi connectivity index (χ3n) is 9.77. The molecule has 1 N–H and O–H groups in total. The van der Waals surface area contributed by atoms with E-state index in [2.05, 4.69) is 81.9 Å². The van der Waals surface area contributed by atoms with Crippen LogP contribution >= 0.6 is 0 Å². The van der Waals surface area contributed by atoms with E-state index < -0.39 is 10.0 Å². The van der Waals surface area contributed by atoms with Gasteiger partial charge in [-0.15, -0.1) is 0 Å². The number of ether oxygens (including phenoxy) is 1. The number of hydrogen-bond donors (Lipinski definition) is 1. The molecule has 3 fully saturated rings. The van der Waals surface area contributed by atoms with Gasteiger partial charge in [-0.2, -0.15) is 0 Å². The Bertz CT molecular complexity index is 1520. The first kappa shape index (κ1) is 31.3. The summed E-state index contributed by atoms with van der Waals surface area (Å²) in [6.45, 7) is 15.3. The Labute approximate surface area is 263 Å². The molecule has 0 atom stereocenters. The molecular weight excluding hydrogens is 574 g/mol. The summed E-state index contributed by atoms with van der Waals surface area (Å²) < 4.78 is 33.6. The van der Waals surface area contributed by atoms with Crippen molar-refractivity contribution < 1.29 is 13.2 Å². The molecule has 3 aromatic rings. The van der Waals surface area contributed by atoms with Crippen molar-refractivity contribution in [2.75, 3.05) is 95.1 Å². The summed E-state index contributed by atoms with van der Waals surface area (Å²) >= 11 is 0. The molecule has 3 aliphatic heterocycles. The van der Waals surface area contributed by atoms with Crippen LogP contribution in [0.15, 0.2) is 36.4 Å². The van der Waals surface area contributed by atoms with Crippen LogP contribution in [0.1, 0.15) is 38.4 Å². The topological polar surface area (TPSA) is 86.2 Å². The second-order valence-corrected chi connectivity index (χ2v) is 14.9. The average molecular weight is 624 g/mol. The lowest BCUT2D eigenvalue weighted by Crippen LogP contribution is -2.48. The minimum Gasteiger partial charge on any atom is -0.382 e. The highest BCUT2D eigenvalue weighted by atomic mass is 32.2. The van der Waals surface area contributed by atoms with Crippen molar-refractivity contribution in [1.29, 1.82) is 0 Å². The molecule has 0 radical (unpaired) electrons. The van der Waals surface area contributed by atoms with E-state index in [4.69, 9.17) is 9.72 Å². The van der Waals surface area contributed by atoms with Crippen molar-refractivity contribution >= 4 is 32.4 Å². The first-order valence-electron chi connectivity index (χ1n) is 16.3. The number of morpholine rings is 1. The zero-order valence-corrected chi connectivity index (χ0v) is 27.7. The maximum Gasteiger partial charge on any atom is 0.211 e. The molecule has 240 valence electrons. The first-order valence-corrected chi connectivity index (χ1v) is 18.1. The molecule has 4 heterocycles. The number of sulfonamides is 1. The van der Waals surface area contributed by atoms with E-state index in [0.29, 0.717) is 19.1 Å². The molecule has 3 aliphatic rings. The van der Waals surface area contributed by atoms with Gasteiger partial charge in [-0.1, -0.05) is 12.1 Å². The lowest BCUT2D eigenvalue weighted by atomic mass is 9.97. The summed E-state index contributed by atoms with van der Waals surface area (Å²) in [5, 5.41) is 3.73. The number of imidazole rings is 1. The highest BCUT2D eigenvalue weighted by Gasteiger charge is 2.29. The first-order chi connectivity index (χ1) is 21.2. The molecule has 0 unspecified atom stereocenters. The Morgan fingerprint density at radius 2 is 1.61 bits per heavy atom. The summed E-state index contributed by atoms with van der Waals surface area (Å²) in [4.78, 5) is 12.7. The van der Waals surface area contributed by atoms with Crippen molar-refractivity contribution in [2.24, 2.45) is 7.05 Å². The van der Waals surface area contributed by atoms with Crippen LogP contribution in [0.5, 0.6) is 0 Å². The monoisotopic (exact) mass is 623 g/mol. The number of benzene rings is 2. The smallest absolute Gasteiger partial charge is 0.211 e. The van der Waals surface area contributed by atoms with Crippen LogP contribution in [0, 0.1) is 0 Å². The fourth-order valence-corrected chi connectivity index (χ4v) is 7.83. The quantitative estimate of drug-likeness (QED) is 0.387. The Morgan fingerprint density at radius 1 is 0.932 bits per heavy atom. The molecule has 0 spiro atoms. The number of fused-ring (bicyclic) bond motifs is 1. The molecular formula is C33H49N7O3S. The summed E-state index contributed by atoms with van der Waals surface area (Å²) in [5.41, 5.74) is 6.78. The fourth-order valence-electron chi connectivity index (χ4n) is 6.95. The summed E-state index contributed by atoms with van der Waals surface area (Å²) in [6.07, 6.45) is 2.87. The molecule has 2 aromatic carbocycles. The van der Waals surface area contributed by atoms with Gasteiger partial charge in [0.05, 0.1) is 30.7 Å². The molecule has 1 aromatic heterocycles. The van der Waals surface area contributed by atoms with Crippen LogP contribution in [0.25, 0.3) is 22.2 Å². The van der Waals surface area contributed by atoms with Gasteiger partial charge in [-0.25, -0.2) is 17.7 Å². The van der Waals surface area contributed by atoms with Crippen molar-refractivity contribution in [1.82, 2.24) is 23.7 Å². The second-order valence-electron chi connectivity index (χ2n) is 12.9. The predicted molar refractivity (Wildman–Crippen MR) is 179 cm³/mol. The molecule has 10 nitrogen and oxygen atoms in total. The minimum atomic E-state index is -3.17. The average Bonchev–Trinajstić information content (AvgIpc) is 3.37. The molecule has 3 saturated heterocycles. The van der Waals surface area contributed by atoms with Gasteiger partial charge in [0.2, 0.25) is 10.0 Å². The lowest BCUT2D eigenvalue weighted by Gasteiger charge is -2.38. The van der Waals surface area contributed by atoms with Crippen LogP contribution in [-0.4, -0.2) is 123 Å². The van der Waals surface area contributed by atoms with Crippen LogP contribution in [0.4, 0.5) is 11.4 Å². The normalized spacial score (nSPS) is 20.2. The molecule has 6 rings (SSSR count). The van der Waals surface area contributed by atoms with Crippen LogP contribution in [0.2, 0.25) is 0 Å². The van der Waals surface area contributed by atoms with Crippen LogP contribution < -0.4 is 10.2 Å². The van der Waals surface area contributed by atoms with Gasteiger partial charge in [0.25, 0.3) is 0 Å². The van der Waals surface area contributed by atoms with Gasteiger partial charge in [0.1, 0.15) is 11.3 Å². The van der Waals surface area contributed by atoms with E-state index in [1.807, 2.05) is 0 Å². The second kappa shape index (κ2) is 13.3. The number of aromatic nitrogens is 2. The van der Waals surface area contributed by atoms with Crippen molar-refractivity contribution in [3.63, 3.8) is 0 Å². The Morgan fingerprint density at radius 3 is 2.25 bits per heavy atom. The third-order valence-corrected chi connectivity index (χ3v) is 11.1. The Kier molecular flexibility index (Phi) is 9.49. The summed E-state index contributed by atoms with van der Waals surface area (Å²) in [7, 11) is -1.06. The largest absolute Gasteiger partial charge is 0.382 e. The number of anilines is 2. The molecule has 0 aliphatic carbocycles. The summed E-state index contributed by atoms with van der Waals surface area (Å²) in [5.74, 6) is 1.27. The highest BCUT2D eigenvalue weighted by Crippen LogP contribution is 2.36. The maximum absolute atomic E-state index is 12.1. The molecule has 44 heavy (non-hydrogen) atoms. The Hall–Kier alpha value is -2.70.